The van der Waals surface area contributed by atoms with E-state index in [1.54, 1.807) is 31.4 Å². The van der Waals surface area contributed by atoms with Gasteiger partial charge in [-0.3, -0.25) is 4.99 Å². The fourth-order valence-electron chi connectivity index (χ4n) is 2.23. The van der Waals surface area contributed by atoms with E-state index in [9.17, 15) is 4.39 Å². The van der Waals surface area contributed by atoms with Crippen molar-refractivity contribution >= 4 is 29.9 Å². The Morgan fingerprint density at radius 2 is 2.04 bits per heavy atom. The van der Waals surface area contributed by atoms with Crippen LogP contribution in [0.1, 0.15) is 19.4 Å². The number of aliphatic imine (C=N–C) groups is 1. The lowest BCUT2D eigenvalue weighted by atomic mass is 10.2. The second-order valence-corrected chi connectivity index (χ2v) is 5.60. The first-order valence-corrected chi connectivity index (χ1v) is 8.55. The topological polar surface area (TPSA) is 67.8 Å². The van der Waals surface area contributed by atoms with Crippen LogP contribution in [0.15, 0.2) is 47.6 Å². The zero-order valence-electron chi connectivity index (χ0n) is 15.7. The Hall–Kier alpha value is -2.10. The van der Waals surface area contributed by atoms with Crippen molar-refractivity contribution in [1.29, 1.82) is 0 Å². The summed E-state index contributed by atoms with van der Waals surface area (Å²) >= 11 is 0. The fourth-order valence-corrected chi connectivity index (χ4v) is 2.23. The van der Waals surface area contributed by atoms with Gasteiger partial charge in [0.15, 0.2) is 17.5 Å². The van der Waals surface area contributed by atoms with Crippen molar-refractivity contribution in [3.05, 3.63) is 54.0 Å². The largest absolute Gasteiger partial charge is 0.486 e. The van der Waals surface area contributed by atoms with Crippen molar-refractivity contribution in [3.63, 3.8) is 0 Å². The molecule has 1 unspecified atom stereocenters. The van der Waals surface area contributed by atoms with Gasteiger partial charge in [-0.25, -0.2) is 9.37 Å². The van der Waals surface area contributed by atoms with Gasteiger partial charge in [0.05, 0.1) is 13.2 Å². The Labute approximate surface area is 176 Å². The van der Waals surface area contributed by atoms with Crippen LogP contribution in [0.4, 0.5) is 4.39 Å². The molecule has 1 aromatic heterocycles. The van der Waals surface area contributed by atoms with Gasteiger partial charge in [0.25, 0.3) is 0 Å². The van der Waals surface area contributed by atoms with Crippen molar-refractivity contribution in [3.8, 4) is 11.6 Å². The summed E-state index contributed by atoms with van der Waals surface area (Å²) in [5.41, 5.74) is 1.03. The normalized spacial score (nSPS) is 11.9. The number of hydrogen-bond acceptors (Lipinski definition) is 4. The predicted molar refractivity (Wildman–Crippen MR) is 116 cm³/mol. The summed E-state index contributed by atoms with van der Waals surface area (Å²) in [6.07, 6.45) is 1.48. The molecule has 0 fully saturated rings. The van der Waals surface area contributed by atoms with Gasteiger partial charge in [-0.15, -0.1) is 24.0 Å². The quantitative estimate of drug-likeness (QED) is 0.339. The maximum absolute atomic E-state index is 13.6. The second-order valence-electron chi connectivity index (χ2n) is 5.60. The Balaban J connectivity index is 0.00000364. The third-order valence-electron chi connectivity index (χ3n) is 3.50. The minimum absolute atomic E-state index is 0. The molecule has 0 saturated carbocycles. The molecule has 0 saturated heterocycles. The Kier molecular flexibility index (Phi) is 10.5. The van der Waals surface area contributed by atoms with Crippen LogP contribution in [-0.2, 0) is 6.54 Å². The third-order valence-corrected chi connectivity index (χ3v) is 3.50. The third kappa shape index (κ3) is 7.98. The van der Waals surface area contributed by atoms with E-state index in [4.69, 9.17) is 9.47 Å². The summed E-state index contributed by atoms with van der Waals surface area (Å²) in [7, 11) is 1.69. The molecule has 0 bridgehead atoms. The Morgan fingerprint density at radius 1 is 1.26 bits per heavy atom. The number of hydrogen-bond donors (Lipinski definition) is 2. The van der Waals surface area contributed by atoms with Gasteiger partial charge in [0, 0.05) is 25.9 Å². The minimum atomic E-state index is -0.371. The molecular formula is C19H26FIN4O2. The summed E-state index contributed by atoms with van der Waals surface area (Å²) < 4.78 is 24.6. The first-order chi connectivity index (χ1) is 12.6. The van der Waals surface area contributed by atoms with Crippen LogP contribution in [0.2, 0.25) is 0 Å². The summed E-state index contributed by atoms with van der Waals surface area (Å²) in [4.78, 5) is 8.32. The van der Waals surface area contributed by atoms with Gasteiger partial charge in [-0.05, 0) is 37.6 Å². The van der Waals surface area contributed by atoms with E-state index in [1.165, 1.54) is 6.07 Å². The number of guanidine groups is 1. The average Bonchev–Trinajstić information content (AvgIpc) is 2.64. The van der Waals surface area contributed by atoms with Gasteiger partial charge in [0.2, 0.25) is 5.88 Å². The molecule has 8 heteroatoms. The standard InChI is InChI=1S/C19H25FN4O2.HI/c1-4-25-18-11-15(9-10-22-18)13-24-19(21-3)23-12-14(2)26-17-8-6-5-7-16(17)20;/h5-11,14H,4,12-13H2,1-3H3,(H2,21,23,24);1H. The van der Waals surface area contributed by atoms with Gasteiger partial charge >= 0.3 is 0 Å². The highest BCUT2D eigenvalue weighted by Gasteiger charge is 2.09. The van der Waals surface area contributed by atoms with Crippen LogP contribution in [0, 0.1) is 5.82 Å². The van der Waals surface area contributed by atoms with E-state index in [0.717, 1.165) is 5.56 Å². The Bertz CT molecular complexity index is 730. The lowest BCUT2D eigenvalue weighted by Crippen LogP contribution is -2.41. The summed E-state index contributed by atoms with van der Waals surface area (Å²) in [5, 5.41) is 6.38. The van der Waals surface area contributed by atoms with E-state index in [2.05, 4.69) is 20.6 Å². The van der Waals surface area contributed by atoms with Crippen molar-refractivity contribution in [1.82, 2.24) is 15.6 Å². The molecule has 148 valence electrons. The van der Waals surface area contributed by atoms with Crippen molar-refractivity contribution < 1.29 is 13.9 Å². The second kappa shape index (κ2) is 12.3. The van der Waals surface area contributed by atoms with Crippen molar-refractivity contribution in [2.45, 2.75) is 26.5 Å². The number of nitrogens with one attached hydrogen (secondary N) is 2. The molecule has 2 rings (SSSR count). The summed E-state index contributed by atoms with van der Waals surface area (Å²) in [6, 6.07) is 10.1. The molecular weight excluding hydrogens is 462 g/mol. The molecule has 1 atom stereocenters. The van der Waals surface area contributed by atoms with Gasteiger partial charge < -0.3 is 20.1 Å². The molecule has 0 aliphatic rings. The number of rotatable bonds is 8. The molecule has 0 amide bonds. The number of ether oxygens (including phenoxy) is 2. The molecule has 2 aromatic rings. The van der Waals surface area contributed by atoms with Gasteiger partial charge in [-0.1, -0.05) is 12.1 Å². The van der Waals surface area contributed by atoms with E-state index in [-0.39, 0.29) is 41.6 Å². The molecule has 6 nitrogen and oxygen atoms in total. The molecule has 0 aliphatic heterocycles. The summed E-state index contributed by atoms with van der Waals surface area (Å²) in [5.74, 6) is 1.10. The van der Waals surface area contributed by atoms with E-state index in [0.29, 0.717) is 31.5 Å². The molecule has 0 spiro atoms. The Morgan fingerprint density at radius 3 is 2.74 bits per heavy atom. The molecule has 1 heterocycles. The van der Waals surface area contributed by atoms with Crippen LogP contribution in [0.3, 0.4) is 0 Å². The van der Waals surface area contributed by atoms with Crippen molar-refractivity contribution in [2.24, 2.45) is 4.99 Å². The zero-order chi connectivity index (χ0) is 18.8. The number of benzene rings is 1. The predicted octanol–water partition coefficient (Wildman–Crippen LogP) is 3.37. The molecule has 0 aliphatic carbocycles. The number of pyridine rings is 1. The van der Waals surface area contributed by atoms with Gasteiger partial charge in [-0.2, -0.15) is 0 Å². The van der Waals surface area contributed by atoms with Crippen molar-refractivity contribution in [2.75, 3.05) is 20.2 Å². The zero-order valence-corrected chi connectivity index (χ0v) is 18.1. The van der Waals surface area contributed by atoms with Crippen LogP contribution < -0.4 is 20.1 Å². The van der Waals surface area contributed by atoms with E-state index >= 15 is 0 Å². The molecule has 27 heavy (non-hydrogen) atoms. The highest BCUT2D eigenvalue weighted by molar-refractivity contribution is 14.0. The van der Waals surface area contributed by atoms with Crippen LogP contribution in [-0.4, -0.2) is 37.2 Å². The monoisotopic (exact) mass is 488 g/mol. The molecule has 1 aromatic carbocycles. The van der Waals surface area contributed by atoms with Gasteiger partial charge in [0.1, 0.15) is 6.10 Å². The first kappa shape index (κ1) is 22.9. The lowest BCUT2D eigenvalue weighted by Gasteiger charge is -2.18. The minimum Gasteiger partial charge on any atom is -0.486 e. The maximum Gasteiger partial charge on any atom is 0.213 e. The highest BCUT2D eigenvalue weighted by Crippen LogP contribution is 2.16. The van der Waals surface area contributed by atoms with Crippen LogP contribution in [0.5, 0.6) is 11.6 Å². The first-order valence-electron chi connectivity index (χ1n) is 8.55. The number of aromatic nitrogens is 1. The summed E-state index contributed by atoms with van der Waals surface area (Å²) in [6.45, 7) is 5.42. The molecule has 0 radical (unpaired) electrons. The number of nitrogens with zero attached hydrogens (tertiary/aromatic N) is 2. The number of para-hydroxylation sites is 1. The van der Waals surface area contributed by atoms with Crippen LogP contribution >= 0.6 is 24.0 Å². The molecule has 2 N–H and O–H groups in total. The van der Waals surface area contributed by atoms with Crippen LogP contribution in [0.25, 0.3) is 0 Å². The lowest BCUT2D eigenvalue weighted by molar-refractivity contribution is 0.214. The maximum atomic E-state index is 13.6. The SMILES string of the molecule is CCOc1cc(CNC(=NC)NCC(C)Oc2ccccc2F)ccn1.I. The smallest absolute Gasteiger partial charge is 0.213 e. The highest BCUT2D eigenvalue weighted by atomic mass is 127. The fraction of sp³-hybridized carbons (Fsp3) is 0.368. The number of halogens is 2. The average molecular weight is 488 g/mol. The van der Waals surface area contributed by atoms with E-state index in [1.807, 2.05) is 26.0 Å². The van der Waals surface area contributed by atoms with E-state index < -0.39 is 0 Å².